The van der Waals surface area contributed by atoms with E-state index in [0.717, 1.165) is 30.8 Å². The smallest absolute Gasteiger partial charge is 0.101 e. The molecule has 0 radical (unpaired) electrons. The molecule has 1 atom stereocenters. The number of aliphatic hydroxyl groups is 1. The predicted molar refractivity (Wildman–Crippen MR) is 73.6 cm³/mol. The number of aromatic nitrogens is 2. The third kappa shape index (κ3) is 4.25. The average molecular weight is 265 g/mol. The first kappa shape index (κ1) is 13.3. The summed E-state index contributed by atoms with van der Waals surface area (Å²) < 4.78 is 2.08. The van der Waals surface area contributed by atoms with Crippen molar-refractivity contribution in [2.45, 2.75) is 25.5 Å². The lowest BCUT2D eigenvalue weighted by molar-refractivity contribution is 0.178. The van der Waals surface area contributed by atoms with Crippen LogP contribution in [0.2, 0.25) is 0 Å². The molecule has 0 aromatic carbocycles. The van der Waals surface area contributed by atoms with Gasteiger partial charge in [-0.05, 0) is 30.8 Å². The van der Waals surface area contributed by atoms with E-state index >= 15 is 0 Å². The maximum atomic E-state index is 9.85. The zero-order valence-electron chi connectivity index (χ0n) is 10.3. The van der Waals surface area contributed by atoms with E-state index in [4.69, 9.17) is 0 Å². The highest BCUT2D eigenvalue weighted by Crippen LogP contribution is 2.17. The molecule has 18 heavy (non-hydrogen) atoms. The lowest BCUT2D eigenvalue weighted by Crippen LogP contribution is -2.22. The van der Waals surface area contributed by atoms with Crippen molar-refractivity contribution in [3.05, 3.63) is 41.1 Å². The van der Waals surface area contributed by atoms with Crippen molar-refractivity contribution in [1.82, 2.24) is 14.9 Å². The van der Waals surface area contributed by atoms with Gasteiger partial charge in [0.2, 0.25) is 0 Å². The van der Waals surface area contributed by atoms with Crippen molar-refractivity contribution in [2.24, 2.45) is 0 Å². The summed E-state index contributed by atoms with van der Waals surface area (Å²) in [4.78, 5) is 5.03. The Labute approximate surface area is 111 Å². The summed E-state index contributed by atoms with van der Waals surface area (Å²) in [7, 11) is 0. The van der Waals surface area contributed by atoms with Crippen LogP contribution in [-0.2, 0) is 6.54 Å². The van der Waals surface area contributed by atoms with Gasteiger partial charge in [-0.3, -0.25) is 0 Å². The molecule has 0 aliphatic carbocycles. The van der Waals surface area contributed by atoms with Crippen LogP contribution in [0, 0.1) is 0 Å². The van der Waals surface area contributed by atoms with Gasteiger partial charge >= 0.3 is 0 Å². The van der Waals surface area contributed by atoms with Crippen molar-refractivity contribution in [3.63, 3.8) is 0 Å². The van der Waals surface area contributed by atoms with E-state index in [9.17, 15) is 5.11 Å². The summed E-state index contributed by atoms with van der Waals surface area (Å²) in [5, 5.41) is 15.1. The molecule has 2 heterocycles. The van der Waals surface area contributed by atoms with E-state index in [-0.39, 0.29) is 6.10 Å². The lowest BCUT2D eigenvalue weighted by Gasteiger charge is -2.10. The number of unbranched alkanes of at least 4 members (excludes halogenated alkanes) is 1. The highest BCUT2D eigenvalue weighted by molar-refractivity contribution is 7.10. The molecule has 0 bridgehead atoms. The Hall–Kier alpha value is -1.17. The fourth-order valence-electron chi connectivity index (χ4n) is 1.78. The van der Waals surface area contributed by atoms with Crippen LogP contribution in [0.4, 0.5) is 0 Å². The number of nitrogens with zero attached hydrogens (tertiary/aromatic N) is 2. The summed E-state index contributed by atoms with van der Waals surface area (Å²) in [6, 6.07) is 3.93. The van der Waals surface area contributed by atoms with Gasteiger partial charge in [0.05, 0.1) is 6.33 Å². The van der Waals surface area contributed by atoms with E-state index < -0.39 is 0 Å². The molecule has 0 fully saturated rings. The van der Waals surface area contributed by atoms with Gasteiger partial charge in [-0.1, -0.05) is 6.07 Å². The standard InChI is InChI=1S/C13H19N3OS/c17-12(13-4-3-9-18-13)10-14-5-1-2-7-16-8-6-15-11-16/h3-4,6,8-9,11-12,14,17H,1-2,5,7,10H2. The Morgan fingerprint density at radius 3 is 3.11 bits per heavy atom. The van der Waals surface area contributed by atoms with Gasteiger partial charge in [-0.15, -0.1) is 11.3 Å². The van der Waals surface area contributed by atoms with E-state index in [1.165, 1.54) is 0 Å². The SMILES string of the molecule is OC(CNCCCCn1ccnc1)c1cccs1. The second-order valence-electron chi connectivity index (χ2n) is 4.24. The van der Waals surface area contributed by atoms with Crippen LogP contribution in [-0.4, -0.2) is 27.7 Å². The van der Waals surface area contributed by atoms with E-state index in [1.807, 2.05) is 30.0 Å². The van der Waals surface area contributed by atoms with Crippen LogP contribution < -0.4 is 5.32 Å². The molecule has 4 nitrogen and oxygen atoms in total. The minimum atomic E-state index is -0.376. The van der Waals surface area contributed by atoms with Gasteiger partial charge in [0.15, 0.2) is 0 Å². The number of aliphatic hydroxyl groups excluding tert-OH is 1. The van der Waals surface area contributed by atoms with Gasteiger partial charge in [0.1, 0.15) is 6.10 Å². The highest BCUT2D eigenvalue weighted by atomic mass is 32.1. The molecule has 0 spiro atoms. The number of nitrogens with one attached hydrogen (secondary N) is 1. The van der Waals surface area contributed by atoms with Crippen LogP contribution in [0.3, 0.4) is 0 Å². The summed E-state index contributed by atoms with van der Waals surface area (Å²) >= 11 is 1.60. The monoisotopic (exact) mass is 265 g/mol. The van der Waals surface area contributed by atoms with E-state index in [2.05, 4.69) is 14.9 Å². The number of hydrogen-bond acceptors (Lipinski definition) is 4. The molecule has 0 aliphatic heterocycles. The van der Waals surface area contributed by atoms with Gasteiger partial charge in [0.25, 0.3) is 0 Å². The first-order valence-electron chi connectivity index (χ1n) is 6.24. The summed E-state index contributed by atoms with van der Waals surface area (Å²) in [5.41, 5.74) is 0. The fourth-order valence-corrected chi connectivity index (χ4v) is 2.50. The largest absolute Gasteiger partial charge is 0.386 e. The topological polar surface area (TPSA) is 50.1 Å². The Morgan fingerprint density at radius 2 is 2.39 bits per heavy atom. The third-order valence-electron chi connectivity index (χ3n) is 2.79. The normalized spacial score (nSPS) is 12.7. The molecule has 2 N–H and O–H groups in total. The molecule has 98 valence electrons. The summed E-state index contributed by atoms with van der Waals surface area (Å²) in [6.07, 6.45) is 7.48. The molecular weight excluding hydrogens is 246 g/mol. The van der Waals surface area contributed by atoms with Crippen LogP contribution >= 0.6 is 11.3 Å². The Morgan fingerprint density at radius 1 is 1.44 bits per heavy atom. The molecule has 1 unspecified atom stereocenters. The Balaban J connectivity index is 1.51. The van der Waals surface area contributed by atoms with E-state index in [0.29, 0.717) is 6.54 Å². The molecule has 0 saturated heterocycles. The maximum Gasteiger partial charge on any atom is 0.101 e. The van der Waals surface area contributed by atoms with Crippen LogP contribution in [0.5, 0.6) is 0 Å². The Bertz CT molecular complexity index is 413. The number of thiophene rings is 1. The minimum Gasteiger partial charge on any atom is -0.386 e. The second-order valence-corrected chi connectivity index (χ2v) is 5.22. The highest BCUT2D eigenvalue weighted by Gasteiger charge is 2.06. The molecule has 2 aromatic rings. The van der Waals surface area contributed by atoms with E-state index in [1.54, 1.807) is 17.5 Å². The predicted octanol–water partition coefficient (Wildman–Crippen LogP) is 2.05. The average Bonchev–Trinajstić information content (AvgIpc) is 3.05. The quantitative estimate of drug-likeness (QED) is 0.718. The van der Waals surface area contributed by atoms with Crippen molar-refractivity contribution >= 4 is 11.3 Å². The van der Waals surface area contributed by atoms with Gasteiger partial charge in [0, 0.05) is 30.4 Å². The zero-order valence-corrected chi connectivity index (χ0v) is 11.1. The van der Waals surface area contributed by atoms with Crippen LogP contribution in [0.25, 0.3) is 0 Å². The van der Waals surface area contributed by atoms with Gasteiger partial charge < -0.3 is 15.0 Å². The minimum absolute atomic E-state index is 0.376. The van der Waals surface area contributed by atoms with Crippen molar-refractivity contribution < 1.29 is 5.11 Å². The molecule has 0 saturated carbocycles. The van der Waals surface area contributed by atoms with Crippen molar-refractivity contribution in [1.29, 1.82) is 0 Å². The first-order valence-corrected chi connectivity index (χ1v) is 7.12. The van der Waals surface area contributed by atoms with Crippen molar-refractivity contribution in [2.75, 3.05) is 13.1 Å². The van der Waals surface area contributed by atoms with Crippen molar-refractivity contribution in [3.8, 4) is 0 Å². The first-order chi connectivity index (χ1) is 8.86. The maximum absolute atomic E-state index is 9.85. The summed E-state index contributed by atoms with van der Waals surface area (Å²) in [5.74, 6) is 0. The number of aryl methyl sites for hydroxylation is 1. The van der Waals surface area contributed by atoms with Crippen LogP contribution in [0.1, 0.15) is 23.8 Å². The Kier molecular flexibility index (Phi) is 5.38. The number of hydrogen-bond donors (Lipinski definition) is 2. The lowest BCUT2D eigenvalue weighted by atomic mass is 10.2. The molecule has 5 heteroatoms. The third-order valence-corrected chi connectivity index (χ3v) is 3.76. The summed E-state index contributed by atoms with van der Waals surface area (Å²) in [6.45, 7) is 2.58. The molecule has 2 aromatic heterocycles. The van der Waals surface area contributed by atoms with Gasteiger partial charge in [-0.25, -0.2) is 4.98 Å². The number of rotatable bonds is 8. The van der Waals surface area contributed by atoms with Gasteiger partial charge in [-0.2, -0.15) is 0 Å². The number of imidazole rings is 1. The molecule has 0 amide bonds. The van der Waals surface area contributed by atoms with Crippen LogP contribution in [0.15, 0.2) is 36.2 Å². The fraction of sp³-hybridized carbons (Fsp3) is 0.462. The molecular formula is C13H19N3OS. The molecule has 2 rings (SSSR count). The second kappa shape index (κ2) is 7.31. The zero-order chi connectivity index (χ0) is 12.6. The molecule has 0 aliphatic rings.